The molecule has 33 heavy (non-hydrogen) atoms. The summed E-state index contributed by atoms with van der Waals surface area (Å²) in [6, 6.07) is 9.73. The van der Waals surface area contributed by atoms with Gasteiger partial charge in [0, 0.05) is 6.07 Å². The molecular formula is C28H44N3O2+. The van der Waals surface area contributed by atoms with Gasteiger partial charge in [0.15, 0.2) is 0 Å². The highest BCUT2D eigenvalue weighted by Gasteiger charge is 2.10. The number of aromatic nitrogens is 2. The highest BCUT2D eigenvalue weighted by Crippen LogP contribution is 2.15. The fraction of sp³-hybridized carbons (Fsp3) is 0.607. The van der Waals surface area contributed by atoms with E-state index >= 15 is 0 Å². The Morgan fingerprint density at radius 1 is 0.909 bits per heavy atom. The SMILES string of the molecule is CCCCCCCCCCCCCCOc1ccc(CC(=O)NCc2nccc[n+]2C)cc1. The molecule has 5 heteroatoms. The summed E-state index contributed by atoms with van der Waals surface area (Å²) in [7, 11) is 1.92. The number of hydrogen-bond acceptors (Lipinski definition) is 3. The average Bonchev–Trinajstić information content (AvgIpc) is 2.82. The van der Waals surface area contributed by atoms with Gasteiger partial charge in [-0.2, -0.15) is 0 Å². The Morgan fingerprint density at radius 3 is 2.12 bits per heavy atom. The molecule has 5 nitrogen and oxygen atoms in total. The minimum Gasteiger partial charge on any atom is -0.494 e. The Hall–Kier alpha value is -2.43. The molecule has 1 aromatic carbocycles. The van der Waals surface area contributed by atoms with Gasteiger partial charge in [-0.15, -0.1) is 0 Å². The first-order valence-electron chi connectivity index (χ1n) is 13.0. The van der Waals surface area contributed by atoms with Crippen molar-refractivity contribution in [2.24, 2.45) is 7.05 Å². The van der Waals surface area contributed by atoms with Crippen LogP contribution in [0.15, 0.2) is 42.7 Å². The first-order chi connectivity index (χ1) is 16.2. The zero-order valence-corrected chi connectivity index (χ0v) is 20.9. The van der Waals surface area contributed by atoms with Crippen LogP contribution in [0, 0.1) is 0 Å². The minimum absolute atomic E-state index is 0.00851. The summed E-state index contributed by atoms with van der Waals surface area (Å²) < 4.78 is 7.77. The summed E-state index contributed by atoms with van der Waals surface area (Å²) in [5.74, 6) is 1.70. The molecule has 182 valence electrons. The number of hydrogen-bond donors (Lipinski definition) is 1. The molecule has 0 aliphatic rings. The van der Waals surface area contributed by atoms with E-state index in [1.165, 1.54) is 70.6 Å². The number of carbonyl (C=O) groups excluding carboxylic acids is 1. The Balaban J connectivity index is 1.48. The predicted molar refractivity (Wildman–Crippen MR) is 134 cm³/mol. The van der Waals surface area contributed by atoms with Crippen LogP contribution in [0.3, 0.4) is 0 Å². The number of ether oxygens (including phenoxy) is 1. The highest BCUT2D eigenvalue weighted by atomic mass is 16.5. The molecule has 0 aliphatic heterocycles. The van der Waals surface area contributed by atoms with E-state index in [1.807, 2.05) is 48.1 Å². The number of aryl methyl sites for hydroxylation is 1. The van der Waals surface area contributed by atoms with Crippen LogP contribution >= 0.6 is 0 Å². The zero-order chi connectivity index (χ0) is 23.6. The lowest BCUT2D eigenvalue weighted by Gasteiger charge is -2.08. The molecule has 0 atom stereocenters. The first-order valence-corrected chi connectivity index (χ1v) is 13.0. The van der Waals surface area contributed by atoms with Crippen LogP contribution in [0.4, 0.5) is 0 Å². The second kappa shape index (κ2) is 17.1. The molecule has 1 heterocycles. The van der Waals surface area contributed by atoms with Crippen LogP contribution in [-0.2, 0) is 24.8 Å². The van der Waals surface area contributed by atoms with Gasteiger partial charge in [-0.1, -0.05) is 94.7 Å². The molecule has 1 N–H and O–H groups in total. The number of carbonyl (C=O) groups is 1. The standard InChI is InChI=1S/C28H43N3O2/c1-3-4-5-6-7-8-9-10-11-12-13-14-22-33-26-18-16-25(17-19-26)23-28(32)30-24-27-29-20-15-21-31(27)2/h15-21H,3-14,22-24H2,1-2H3/p+1. The molecule has 0 bridgehead atoms. The normalized spacial score (nSPS) is 10.8. The molecule has 1 aromatic heterocycles. The van der Waals surface area contributed by atoms with Crippen molar-refractivity contribution >= 4 is 5.91 Å². The lowest BCUT2D eigenvalue weighted by molar-refractivity contribution is -0.682. The highest BCUT2D eigenvalue weighted by molar-refractivity contribution is 5.78. The number of benzene rings is 1. The van der Waals surface area contributed by atoms with E-state index in [2.05, 4.69) is 17.2 Å². The lowest BCUT2D eigenvalue weighted by Crippen LogP contribution is -2.38. The van der Waals surface area contributed by atoms with Crippen LogP contribution in [-0.4, -0.2) is 17.5 Å². The van der Waals surface area contributed by atoms with E-state index in [-0.39, 0.29) is 5.91 Å². The third-order valence-electron chi connectivity index (χ3n) is 6.02. The van der Waals surface area contributed by atoms with Gasteiger partial charge in [0.1, 0.15) is 18.5 Å². The van der Waals surface area contributed by atoms with E-state index in [0.717, 1.165) is 30.2 Å². The number of amides is 1. The molecule has 1 amide bonds. The number of nitrogens with one attached hydrogen (secondary N) is 1. The first kappa shape index (κ1) is 26.8. The maximum Gasteiger partial charge on any atom is 0.317 e. The summed E-state index contributed by atoms with van der Waals surface area (Å²) >= 11 is 0. The smallest absolute Gasteiger partial charge is 0.317 e. The van der Waals surface area contributed by atoms with Gasteiger partial charge < -0.3 is 10.1 Å². The van der Waals surface area contributed by atoms with Crippen molar-refractivity contribution in [2.45, 2.75) is 96.9 Å². The topological polar surface area (TPSA) is 55.1 Å². The Bertz CT molecular complexity index is 777. The monoisotopic (exact) mass is 454 g/mol. The molecule has 0 radical (unpaired) electrons. The second-order valence-electron chi connectivity index (χ2n) is 8.98. The number of unbranched alkanes of at least 4 members (excludes halogenated alkanes) is 11. The van der Waals surface area contributed by atoms with Crippen LogP contribution < -0.4 is 14.6 Å². The van der Waals surface area contributed by atoms with Gasteiger partial charge in [-0.3, -0.25) is 4.79 Å². The van der Waals surface area contributed by atoms with Crippen LogP contribution in [0.2, 0.25) is 0 Å². The predicted octanol–water partition coefficient (Wildman–Crippen LogP) is 5.84. The Morgan fingerprint density at radius 2 is 1.52 bits per heavy atom. The number of rotatable bonds is 18. The molecule has 2 rings (SSSR count). The fourth-order valence-electron chi connectivity index (χ4n) is 3.91. The molecule has 0 aliphatic carbocycles. The van der Waals surface area contributed by atoms with Crippen LogP contribution in [0.25, 0.3) is 0 Å². The van der Waals surface area contributed by atoms with Gasteiger partial charge in [-0.25, -0.2) is 4.57 Å². The van der Waals surface area contributed by atoms with E-state index in [4.69, 9.17) is 4.74 Å². The lowest BCUT2D eigenvalue weighted by atomic mass is 10.1. The van der Waals surface area contributed by atoms with Crippen LogP contribution in [0.1, 0.15) is 95.4 Å². The summed E-state index contributed by atoms with van der Waals surface area (Å²) in [4.78, 5) is 16.5. The quantitative estimate of drug-likeness (QED) is 0.227. The third-order valence-corrected chi connectivity index (χ3v) is 6.02. The minimum atomic E-state index is -0.00851. The van der Waals surface area contributed by atoms with E-state index in [0.29, 0.717) is 13.0 Å². The van der Waals surface area contributed by atoms with Gasteiger partial charge in [0.25, 0.3) is 0 Å². The van der Waals surface area contributed by atoms with E-state index in [9.17, 15) is 4.79 Å². The summed E-state index contributed by atoms with van der Waals surface area (Å²) in [5, 5.41) is 2.93. The van der Waals surface area contributed by atoms with Gasteiger partial charge in [0.2, 0.25) is 5.91 Å². The summed E-state index contributed by atoms with van der Waals surface area (Å²) in [6.07, 6.45) is 20.2. The summed E-state index contributed by atoms with van der Waals surface area (Å²) in [6.45, 7) is 3.46. The van der Waals surface area contributed by atoms with Crippen molar-refractivity contribution in [1.82, 2.24) is 10.3 Å². The largest absolute Gasteiger partial charge is 0.494 e. The zero-order valence-electron chi connectivity index (χ0n) is 20.9. The molecular weight excluding hydrogens is 410 g/mol. The Kier molecular flexibility index (Phi) is 13.9. The third kappa shape index (κ3) is 12.4. The van der Waals surface area contributed by atoms with Gasteiger partial charge in [-0.05, 0) is 24.1 Å². The van der Waals surface area contributed by atoms with E-state index in [1.54, 1.807) is 6.20 Å². The van der Waals surface area contributed by atoms with E-state index < -0.39 is 0 Å². The van der Waals surface area contributed by atoms with Crippen molar-refractivity contribution < 1.29 is 14.1 Å². The van der Waals surface area contributed by atoms with Crippen molar-refractivity contribution in [1.29, 1.82) is 0 Å². The van der Waals surface area contributed by atoms with Crippen LogP contribution in [0.5, 0.6) is 5.75 Å². The molecule has 2 aromatic rings. The number of nitrogens with zero attached hydrogens (tertiary/aromatic N) is 2. The van der Waals surface area contributed by atoms with Crippen molar-refractivity contribution in [2.75, 3.05) is 6.61 Å². The second-order valence-corrected chi connectivity index (χ2v) is 8.98. The molecule has 0 unspecified atom stereocenters. The summed E-state index contributed by atoms with van der Waals surface area (Å²) in [5.41, 5.74) is 0.982. The van der Waals surface area contributed by atoms with Crippen molar-refractivity contribution in [3.8, 4) is 5.75 Å². The fourth-order valence-corrected chi connectivity index (χ4v) is 3.91. The maximum absolute atomic E-state index is 12.2. The molecule has 0 fully saturated rings. The van der Waals surface area contributed by atoms with Gasteiger partial charge in [0.05, 0.1) is 26.3 Å². The molecule has 0 spiro atoms. The average molecular weight is 455 g/mol. The maximum atomic E-state index is 12.2. The van der Waals surface area contributed by atoms with Crippen molar-refractivity contribution in [3.05, 3.63) is 54.1 Å². The molecule has 0 saturated carbocycles. The molecule has 0 saturated heterocycles. The Labute approximate surface area is 201 Å². The van der Waals surface area contributed by atoms with Crippen molar-refractivity contribution in [3.63, 3.8) is 0 Å². The van der Waals surface area contributed by atoms with Gasteiger partial charge >= 0.3 is 5.82 Å².